The number of hydrogen-bond acceptors (Lipinski definition) is 5. The van der Waals surface area contributed by atoms with E-state index < -0.39 is 22.5 Å². The molecular weight excluding hydrogens is 464 g/mol. The molecule has 0 aliphatic rings. The van der Waals surface area contributed by atoms with Crippen molar-refractivity contribution in [3.05, 3.63) is 96.6 Å². The molecular formula is C27H26N2O5S. The third-order valence-electron chi connectivity index (χ3n) is 5.58. The van der Waals surface area contributed by atoms with Gasteiger partial charge < -0.3 is 14.8 Å². The average molecular weight is 491 g/mol. The minimum Gasteiger partial charge on any atom is -0.493 e. The lowest BCUT2D eigenvalue weighted by Gasteiger charge is -2.25. The molecule has 0 fully saturated rings. The summed E-state index contributed by atoms with van der Waals surface area (Å²) >= 11 is 0. The number of hydrogen-bond donors (Lipinski definition) is 1. The summed E-state index contributed by atoms with van der Waals surface area (Å²) in [4.78, 5) is 13.0. The first kappa shape index (κ1) is 24.1. The molecule has 4 rings (SSSR count). The Labute approximate surface area is 205 Å². The number of fused-ring (bicyclic) bond motifs is 1. The van der Waals surface area contributed by atoms with Crippen LogP contribution in [0.2, 0.25) is 0 Å². The monoisotopic (exact) mass is 490 g/mol. The molecule has 4 aromatic carbocycles. The topological polar surface area (TPSA) is 84.9 Å². The molecule has 0 unspecified atom stereocenters. The number of anilines is 1. The summed E-state index contributed by atoms with van der Waals surface area (Å²) in [7, 11) is -1.07. The maximum Gasteiger partial charge on any atom is 0.264 e. The average Bonchev–Trinajstić information content (AvgIpc) is 2.90. The zero-order valence-corrected chi connectivity index (χ0v) is 20.3. The molecule has 0 saturated carbocycles. The molecule has 0 spiro atoms. The molecule has 0 aromatic heterocycles. The van der Waals surface area contributed by atoms with Crippen molar-refractivity contribution in [2.75, 3.05) is 25.1 Å². The van der Waals surface area contributed by atoms with Gasteiger partial charge in [0.15, 0.2) is 11.5 Å². The van der Waals surface area contributed by atoms with Crippen molar-refractivity contribution in [2.24, 2.45) is 0 Å². The smallest absolute Gasteiger partial charge is 0.264 e. The van der Waals surface area contributed by atoms with Crippen LogP contribution in [0.15, 0.2) is 95.9 Å². The highest BCUT2D eigenvalue weighted by Gasteiger charge is 2.28. The fourth-order valence-electron chi connectivity index (χ4n) is 3.75. The summed E-state index contributed by atoms with van der Waals surface area (Å²) in [6, 6.07) is 26.6. The van der Waals surface area contributed by atoms with Crippen molar-refractivity contribution < 1.29 is 22.7 Å². The van der Waals surface area contributed by atoms with E-state index in [0.717, 1.165) is 20.6 Å². The first-order valence-corrected chi connectivity index (χ1v) is 12.4. The molecule has 1 N–H and O–H groups in total. The Hall–Kier alpha value is -4.04. The van der Waals surface area contributed by atoms with Gasteiger partial charge in [0.2, 0.25) is 5.91 Å². The summed E-state index contributed by atoms with van der Waals surface area (Å²) in [5, 5.41) is 5.01. The maximum atomic E-state index is 13.5. The highest BCUT2D eigenvalue weighted by molar-refractivity contribution is 7.92. The van der Waals surface area contributed by atoms with Crippen molar-refractivity contribution >= 4 is 32.4 Å². The van der Waals surface area contributed by atoms with Crippen LogP contribution in [-0.4, -0.2) is 35.1 Å². The summed E-state index contributed by atoms with van der Waals surface area (Å²) in [5.41, 5.74) is 1.20. The summed E-state index contributed by atoms with van der Waals surface area (Å²) < 4.78 is 38.7. The first-order chi connectivity index (χ1) is 16.9. The van der Waals surface area contributed by atoms with E-state index in [1.807, 2.05) is 42.5 Å². The zero-order valence-electron chi connectivity index (χ0n) is 19.5. The predicted molar refractivity (Wildman–Crippen MR) is 136 cm³/mol. The van der Waals surface area contributed by atoms with E-state index in [9.17, 15) is 13.2 Å². The second-order valence-corrected chi connectivity index (χ2v) is 9.68. The minimum atomic E-state index is -4.03. The highest BCUT2D eigenvalue weighted by Crippen LogP contribution is 2.33. The Balaban J connectivity index is 1.60. The SMILES string of the molecule is COc1ccc(N(CC(=O)NCc2ccc3ccccc3c2)S(=O)(=O)c2ccccc2)cc1OC. The maximum absolute atomic E-state index is 13.5. The standard InChI is InChI=1S/C27H26N2O5S/c1-33-25-15-14-23(17-26(25)34-2)29(35(31,32)24-10-4-3-5-11-24)19-27(30)28-18-20-12-13-21-8-6-7-9-22(21)16-20/h3-17H,18-19H2,1-2H3,(H,28,30). The molecule has 180 valence electrons. The van der Waals surface area contributed by atoms with E-state index >= 15 is 0 Å². The van der Waals surface area contributed by atoms with Crippen molar-refractivity contribution in [1.29, 1.82) is 0 Å². The Kier molecular flexibility index (Phi) is 7.22. The van der Waals surface area contributed by atoms with Crippen LogP contribution in [0.5, 0.6) is 11.5 Å². The van der Waals surface area contributed by atoms with Gasteiger partial charge in [-0.1, -0.05) is 54.6 Å². The molecule has 4 aromatic rings. The molecule has 8 heteroatoms. The lowest BCUT2D eigenvalue weighted by molar-refractivity contribution is -0.119. The quantitative estimate of drug-likeness (QED) is 0.377. The van der Waals surface area contributed by atoms with Crippen LogP contribution >= 0.6 is 0 Å². The van der Waals surface area contributed by atoms with Crippen molar-refractivity contribution in [2.45, 2.75) is 11.4 Å². The fourth-order valence-corrected chi connectivity index (χ4v) is 5.18. The number of carbonyl (C=O) groups is 1. The van der Waals surface area contributed by atoms with Crippen LogP contribution in [0.4, 0.5) is 5.69 Å². The second kappa shape index (κ2) is 10.5. The first-order valence-electron chi connectivity index (χ1n) is 11.0. The number of nitrogens with zero attached hydrogens (tertiary/aromatic N) is 1. The molecule has 0 radical (unpaired) electrons. The molecule has 0 bridgehead atoms. The Morgan fingerprint density at radius 3 is 2.20 bits per heavy atom. The van der Waals surface area contributed by atoms with Gasteiger partial charge in [-0.05, 0) is 46.7 Å². The Morgan fingerprint density at radius 2 is 1.49 bits per heavy atom. The molecule has 0 saturated heterocycles. The van der Waals surface area contributed by atoms with Crippen LogP contribution in [0.25, 0.3) is 10.8 Å². The summed E-state index contributed by atoms with van der Waals surface area (Å²) in [5.74, 6) is 0.372. The van der Waals surface area contributed by atoms with E-state index in [1.165, 1.54) is 32.4 Å². The lowest BCUT2D eigenvalue weighted by atomic mass is 10.1. The van der Waals surface area contributed by atoms with Crippen molar-refractivity contribution in [3.8, 4) is 11.5 Å². The van der Waals surface area contributed by atoms with E-state index in [2.05, 4.69) is 5.32 Å². The highest BCUT2D eigenvalue weighted by atomic mass is 32.2. The van der Waals surface area contributed by atoms with Gasteiger partial charge in [-0.3, -0.25) is 9.10 Å². The minimum absolute atomic E-state index is 0.0807. The van der Waals surface area contributed by atoms with Crippen molar-refractivity contribution in [1.82, 2.24) is 5.32 Å². The Morgan fingerprint density at radius 1 is 0.800 bits per heavy atom. The number of carbonyl (C=O) groups excluding carboxylic acids is 1. The number of amides is 1. The normalized spacial score (nSPS) is 11.1. The molecule has 0 atom stereocenters. The van der Waals surface area contributed by atoms with Crippen LogP contribution in [-0.2, 0) is 21.4 Å². The molecule has 7 nitrogen and oxygen atoms in total. The van der Waals surface area contributed by atoms with E-state index in [1.54, 1.807) is 30.3 Å². The number of methoxy groups -OCH3 is 2. The molecule has 0 aliphatic carbocycles. The Bertz CT molecular complexity index is 1440. The lowest BCUT2D eigenvalue weighted by Crippen LogP contribution is -2.40. The summed E-state index contributed by atoms with van der Waals surface area (Å²) in [6.07, 6.45) is 0. The van der Waals surface area contributed by atoms with Gasteiger partial charge in [-0.2, -0.15) is 0 Å². The van der Waals surface area contributed by atoms with Crippen LogP contribution < -0.4 is 19.1 Å². The van der Waals surface area contributed by atoms with E-state index in [4.69, 9.17) is 9.47 Å². The van der Waals surface area contributed by atoms with Crippen molar-refractivity contribution in [3.63, 3.8) is 0 Å². The predicted octanol–water partition coefficient (Wildman–Crippen LogP) is 4.37. The third-order valence-corrected chi connectivity index (χ3v) is 7.37. The van der Waals surface area contributed by atoms with Gasteiger partial charge in [-0.25, -0.2) is 8.42 Å². The fraction of sp³-hybridized carbons (Fsp3) is 0.148. The number of rotatable bonds is 9. The van der Waals surface area contributed by atoms with Gasteiger partial charge in [0, 0.05) is 12.6 Å². The van der Waals surface area contributed by atoms with E-state index in [-0.39, 0.29) is 17.1 Å². The van der Waals surface area contributed by atoms with Crippen LogP contribution in [0.1, 0.15) is 5.56 Å². The molecule has 0 aliphatic heterocycles. The van der Waals surface area contributed by atoms with Gasteiger partial charge in [-0.15, -0.1) is 0 Å². The molecule has 0 heterocycles. The molecule has 1 amide bonds. The number of benzene rings is 4. The van der Waals surface area contributed by atoms with Gasteiger partial charge >= 0.3 is 0 Å². The second-order valence-electron chi connectivity index (χ2n) is 7.82. The summed E-state index contributed by atoms with van der Waals surface area (Å²) in [6.45, 7) is -0.130. The largest absolute Gasteiger partial charge is 0.493 e. The van der Waals surface area contributed by atoms with E-state index in [0.29, 0.717) is 11.5 Å². The molecule has 35 heavy (non-hydrogen) atoms. The van der Waals surface area contributed by atoms with Gasteiger partial charge in [0.05, 0.1) is 24.8 Å². The van der Waals surface area contributed by atoms with Crippen LogP contribution in [0, 0.1) is 0 Å². The number of sulfonamides is 1. The number of nitrogens with one attached hydrogen (secondary N) is 1. The number of ether oxygens (including phenoxy) is 2. The third kappa shape index (κ3) is 5.38. The van der Waals surface area contributed by atoms with Gasteiger partial charge in [0.25, 0.3) is 10.0 Å². The zero-order chi connectivity index (χ0) is 24.8. The van der Waals surface area contributed by atoms with Crippen LogP contribution in [0.3, 0.4) is 0 Å². The van der Waals surface area contributed by atoms with Gasteiger partial charge in [0.1, 0.15) is 6.54 Å².